The number of nitrogens with two attached hydrogens (primary N) is 1. The smallest absolute Gasteiger partial charge is 0.240 e. The summed E-state index contributed by atoms with van der Waals surface area (Å²) in [6.07, 6.45) is 8.59. The molecule has 3 N–H and O–H groups in total. The normalized spacial score (nSPS) is 18.9. The van der Waals surface area contributed by atoms with Crippen molar-refractivity contribution in [3.05, 3.63) is 31.4 Å². The van der Waals surface area contributed by atoms with E-state index < -0.39 is 12.1 Å². The van der Waals surface area contributed by atoms with Gasteiger partial charge in [0, 0.05) is 18.8 Å². The highest BCUT2D eigenvalue weighted by Crippen LogP contribution is 2.29. The van der Waals surface area contributed by atoms with Crippen LogP contribution in [0.1, 0.15) is 45.2 Å². The molecule has 11 nitrogen and oxygen atoms in total. The minimum absolute atomic E-state index is 0.209. The number of imidazole rings is 1. The van der Waals surface area contributed by atoms with Crippen molar-refractivity contribution in [1.29, 1.82) is 0 Å². The first kappa shape index (κ1) is 25.5. The summed E-state index contributed by atoms with van der Waals surface area (Å²) < 4.78 is 17.9. The number of aromatic nitrogens is 6. The molecule has 36 heavy (non-hydrogen) atoms. The Kier molecular flexibility index (Phi) is 7.82. The molecular weight excluding hydrogens is 463 g/mol. The highest BCUT2D eigenvalue weighted by molar-refractivity contribution is 5.86. The highest BCUT2D eigenvalue weighted by Gasteiger charge is 2.26. The maximum atomic E-state index is 13.8. The van der Waals surface area contributed by atoms with E-state index >= 15 is 0 Å². The van der Waals surface area contributed by atoms with E-state index in [0.29, 0.717) is 42.8 Å². The molecule has 12 heteroatoms. The number of nitrogens with zero attached hydrogens (tertiary/aromatic N) is 8. The zero-order chi connectivity index (χ0) is 25.8. The van der Waals surface area contributed by atoms with Crippen LogP contribution in [0.15, 0.2) is 31.4 Å². The second kappa shape index (κ2) is 11.0. The number of rotatable bonds is 6. The van der Waals surface area contributed by atoms with Crippen LogP contribution in [0, 0.1) is 0 Å². The maximum Gasteiger partial charge on any atom is 0.240 e. The number of nitrogens with one attached hydrogen (secondary N) is 1. The fraction of sp³-hybridized carbons (Fsp3) is 0.542. The predicted molar refractivity (Wildman–Crippen MR) is 138 cm³/mol. The van der Waals surface area contributed by atoms with Crippen LogP contribution >= 0.6 is 0 Å². The first-order chi connectivity index (χ1) is 17.2. The van der Waals surface area contributed by atoms with Crippen molar-refractivity contribution in [3.8, 4) is 0 Å². The van der Waals surface area contributed by atoms with Crippen molar-refractivity contribution in [3.63, 3.8) is 0 Å². The molecule has 2 fully saturated rings. The third-order valence-corrected chi connectivity index (χ3v) is 6.51. The Morgan fingerprint density at radius 1 is 1.25 bits per heavy atom. The van der Waals surface area contributed by atoms with Crippen LogP contribution in [0.25, 0.3) is 11.2 Å². The van der Waals surface area contributed by atoms with Crippen LogP contribution in [-0.2, 0) is 4.79 Å². The van der Waals surface area contributed by atoms with Crippen LogP contribution in [0.3, 0.4) is 0 Å². The fourth-order valence-corrected chi connectivity index (χ4v) is 4.41. The number of fused-ring (bicyclic) bond motifs is 1. The molecule has 0 aliphatic carbocycles. The molecule has 0 spiro atoms. The third-order valence-electron chi connectivity index (χ3n) is 6.51. The van der Waals surface area contributed by atoms with Crippen molar-refractivity contribution in [2.24, 2.45) is 5.73 Å². The average molecular weight is 499 g/mol. The largest absolute Gasteiger partial charge is 0.366 e. The molecule has 0 aromatic carbocycles. The summed E-state index contributed by atoms with van der Waals surface area (Å²) in [6.45, 7) is 10.4. The van der Waals surface area contributed by atoms with E-state index in [9.17, 15) is 9.18 Å². The van der Waals surface area contributed by atoms with Gasteiger partial charge in [0.05, 0.1) is 30.8 Å². The van der Waals surface area contributed by atoms with Gasteiger partial charge in [0.1, 0.15) is 6.17 Å². The van der Waals surface area contributed by atoms with Crippen molar-refractivity contribution < 1.29 is 9.18 Å². The van der Waals surface area contributed by atoms with Gasteiger partial charge in [-0.05, 0) is 59.3 Å². The SMILES string of the molecule is C=CC(N)=O.CC(C)n1cnc2c(Nc3cnn(C4CCN(C)CC4)c3)nc(N3CCC(F)C3)nc21. The summed E-state index contributed by atoms with van der Waals surface area (Å²) in [4.78, 5) is 27.8. The fourth-order valence-electron chi connectivity index (χ4n) is 4.41. The minimum Gasteiger partial charge on any atom is -0.366 e. The quantitative estimate of drug-likeness (QED) is 0.498. The van der Waals surface area contributed by atoms with Gasteiger partial charge in [0.2, 0.25) is 11.9 Å². The first-order valence-electron chi connectivity index (χ1n) is 12.3. The standard InChI is InChI=1S/C21H30FN9.C3H5NO/c1-14(2)30-13-23-18-19(26-21(27-20(18)30)29-9-4-15(22)11-29)25-16-10-24-31(12-16)17-5-7-28(3)8-6-17;1-2-3(4)5/h10,12-15,17H,4-9,11H2,1-3H3,(H,25,26,27);2H,1H2,(H2,4,5). The second-order valence-corrected chi connectivity index (χ2v) is 9.60. The zero-order valence-electron chi connectivity index (χ0n) is 21.1. The number of carbonyl (C=O) groups excluding carboxylic acids is 1. The number of anilines is 3. The number of hydrogen-bond donors (Lipinski definition) is 2. The van der Waals surface area contributed by atoms with E-state index in [1.807, 2.05) is 21.9 Å². The summed E-state index contributed by atoms with van der Waals surface area (Å²) in [5.74, 6) is 0.690. The van der Waals surface area contributed by atoms with Crippen molar-refractivity contribution in [2.75, 3.05) is 43.4 Å². The Bertz CT molecular complexity index is 1200. The van der Waals surface area contributed by atoms with Gasteiger partial charge >= 0.3 is 0 Å². The lowest BCUT2D eigenvalue weighted by atomic mass is 10.1. The van der Waals surface area contributed by atoms with E-state index in [0.717, 1.165) is 43.3 Å². The van der Waals surface area contributed by atoms with Crippen LogP contribution in [0.4, 0.5) is 21.8 Å². The van der Waals surface area contributed by atoms with Crippen LogP contribution < -0.4 is 16.0 Å². The molecule has 0 radical (unpaired) electrons. The van der Waals surface area contributed by atoms with Gasteiger partial charge in [-0.3, -0.25) is 9.48 Å². The minimum atomic E-state index is -0.835. The number of halogens is 1. The van der Waals surface area contributed by atoms with Crippen LogP contribution in [0.5, 0.6) is 0 Å². The lowest BCUT2D eigenvalue weighted by Crippen LogP contribution is -2.31. The monoisotopic (exact) mass is 498 g/mol. The van der Waals surface area contributed by atoms with Gasteiger partial charge in [-0.25, -0.2) is 9.37 Å². The summed E-state index contributed by atoms with van der Waals surface area (Å²) in [7, 11) is 2.16. The molecule has 3 aromatic rings. The molecule has 1 unspecified atom stereocenters. The summed E-state index contributed by atoms with van der Waals surface area (Å²) >= 11 is 0. The Hall–Kier alpha value is -3.54. The van der Waals surface area contributed by atoms with Crippen molar-refractivity contribution >= 4 is 34.5 Å². The number of hydrogen-bond acceptors (Lipinski definition) is 8. The topological polar surface area (TPSA) is 123 Å². The lowest BCUT2D eigenvalue weighted by molar-refractivity contribution is -0.113. The number of likely N-dealkylation sites (tertiary alicyclic amines) is 1. The summed E-state index contributed by atoms with van der Waals surface area (Å²) in [6, 6.07) is 0.624. The molecule has 2 aliphatic rings. The molecule has 1 amide bonds. The van der Waals surface area contributed by atoms with Crippen molar-refractivity contribution in [1.82, 2.24) is 34.2 Å². The number of amides is 1. The number of alkyl halides is 1. The summed E-state index contributed by atoms with van der Waals surface area (Å²) in [5, 5.41) is 7.99. The average Bonchev–Trinajstić information content (AvgIpc) is 3.59. The van der Waals surface area contributed by atoms with Gasteiger partial charge in [-0.1, -0.05) is 6.58 Å². The Morgan fingerprint density at radius 2 is 1.97 bits per heavy atom. The Balaban J connectivity index is 0.000000556. The number of piperidine rings is 1. The second-order valence-electron chi connectivity index (χ2n) is 9.60. The molecule has 0 bridgehead atoms. The Labute approximate surface area is 210 Å². The highest BCUT2D eigenvalue weighted by atomic mass is 19.1. The number of primary amides is 1. The van der Waals surface area contributed by atoms with Gasteiger partial charge in [0.15, 0.2) is 17.0 Å². The van der Waals surface area contributed by atoms with E-state index in [2.05, 4.69) is 58.2 Å². The zero-order valence-corrected chi connectivity index (χ0v) is 21.1. The van der Waals surface area contributed by atoms with Gasteiger partial charge in [0.25, 0.3) is 0 Å². The molecule has 2 aliphatic heterocycles. The molecule has 194 valence electrons. The van der Waals surface area contributed by atoms with Gasteiger partial charge < -0.3 is 25.4 Å². The van der Waals surface area contributed by atoms with Crippen LogP contribution in [0.2, 0.25) is 0 Å². The lowest BCUT2D eigenvalue weighted by Gasteiger charge is -2.28. The maximum absolute atomic E-state index is 13.8. The molecule has 5 heterocycles. The third kappa shape index (κ3) is 5.81. The molecule has 0 saturated carbocycles. The van der Waals surface area contributed by atoms with Gasteiger partial charge in [-0.15, -0.1) is 0 Å². The summed E-state index contributed by atoms with van der Waals surface area (Å²) in [5.41, 5.74) is 6.87. The van der Waals surface area contributed by atoms with Crippen molar-refractivity contribution in [2.45, 2.75) is 51.4 Å². The molecular formula is C24H35FN10O. The molecule has 2 saturated heterocycles. The van der Waals surface area contributed by atoms with Gasteiger partial charge in [-0.2, -0.15) is 15.1 Å². The Morgan fingerprint density at radius 3 is 2.58 bits per heavy atom. The van der Waals surface area contributed by atoms with E-state index in [1.54, 1.807) is 6.33 Å². The first-order valence-corrected chi connectivity index (χ1v) is 12.3. The molecule has 1 atom stereocenters. The van der Waals surface area contributed by atoms with Crippen LogP contribution in [-0.4, -0.2) is 79.5 Å². The van der Waals surface area contributed by atoms with E-state index in [1.165, 1.54) is 0 Å². The van der Waals surface area contributed by atoms with E-state index in [-0.39, 0.29) is 6.04 Å². The van der Waals surface area contributed by atoms with E-state index in [4.69, 9.17) is 9.97 Å². The molecule has 5 rings (SSSR count). The molecule has 3 aromatic heterocycles. The predicted octanol–water partition coefficient (Wildman–Crippen LogP) is 2.82. The number of carbonyl (C=O) groups is 1.